The summed E-state index contributed by atoms with van der Waals surface area (Å²) in [6, 6.07) is 9.84. The van der Waals surface area contributed by atoms with Crippen LogP contribution in [0.4, 0.5) is 0 Å². The standard InChI is InChI=1S/C20H27N3O2/c21-15-20(11-3-1-2-4-12-20)22-19(25)14-23-13-5-6-18(23)16-7-9-17(24)10-8-16/h7-10,18,24H,1-6,11-14H2,(H,22,25)/t18-/m1/s1. The van der Waals surface area contributed by atoms with Crippen molar-refractivity contribution in [2.24, 2.45) is 0 Å². The lowest BCUT2D eigenvalue weighted by Crippen LogP contribution is -2.50. The molecule has 25 heavy (non-hydrogen) atoms. The molecule has 134 valence electrons. The van der Waals surface area contributed by atoms with Gasteiger partial charge in [-0.05, 0) is 49.9 Å². The van der Waals surface area contributed by atoms with Gasteiger partial charge in [-0.3, -0.25) is 9.69 Å². The zero-order valence-electron chi connectivity index (χ0n) is 14.7. The number of rotatable bonds is 4. The number of hydrogen-bond donors (Lipinski definition) is 2. The van der Waals surface area contributed by atoms with Gasteiger partial charge in [0.05, 0.1) is 12.6 Å². The first kappa shape index (κ1) is 17.8. The van der Waals surface area contributed by atoms with Crippen LogP contribution in [-0.2, 0) is 4.79 Å². The molecule has 1 aromatic carbocycles. The van der Waals surface area contributed by atoms with Gasteiger partial charge in [0.15, 0.2) is 0 Å². The molecule has 0 spiro atoms. The highest BCUT2D eigenvalue weighted by atomic mass is 16.3. The summed E-state index contributed by atoms with van der Waals surface area (Å²) in [5.41, 5.74) is 0.453. The second-order valence-corrected chi connectivity index (χ2v) is 7.38. The van der Waals surface area contributed by atoms with Crippen molar-refractivity contribution in [3.63, 3.8) is 0 Å². The van der Waals surface area contributed by atoms with E-state index in [0.717, 1.165) is 63.5 Å². The van der Waals surface area contributed by atoms with Gasteiger partial charge >= 0.3 is 0 Å². The molecule has 1 saturated carbocycles. The van der Waals surface area contributed by atoms with Crippen LogP contribution in [-0.4, -0.2) is 34.5 Å². The third-order valence-corrected chi connectivity index (χ3v) is 5.54. The quantitative estimate of drug-likeness (QED) is 0.824. The number of benzene rings is 1. The number of phenolic OH excluding ortho intramolecular Hbond substituents is 1. The van der Waals surface area contributed by atoms with E-state index in [-0.39, 0.29) is 17.7 Å². The van der Waals surface area contributed by atoms with Crippen molar-refractivity contribution >= 4 is 5.91 Å². The lowest BCUT2D eigenvalue weighted by atomic mass is 9.92. The SMILES string of the molecule is N#CC1(NC(=O)CN2CCC[C@@H]2c2ccc(O)cc2)CCCCCC1. The van der Waals surface area contributed by atoms with E-state index in [2.05, 4.69) is 16.3 Å². The average molecular weight is 341 g/mol. The molecule has 2 N–H and O–H groups in total. The number of aromatic hydroxyl groups is 1. The maximum atomic E-state index is 12.6. The van der Waals surface area contributed by atoms with Gasteiger partial charge in [0.25, 0.3) is 0 Å². The highest BCUT2D eigenvalue weighted by Crippen LogP contribution is 2.32. The molecule has 1 atom stereocenters. The summed E-state index contributed by atoms with van der Waals surface area (Å²) in [6.07, 6.45) is 7.90. The zero-order chi connectivity index (χ0) is 17.7. The van der Waals surface area contributed by atoms with Crippen molar-refractivity contribution in [3.05, 3.63) is 29.8 Å². The van der Waals surface area contributed by atoms with Crippen LogP contribution in [0.15, 0.2) is 24.3 Å². The van der Waals surface area contributed by atoms with Crippen molar-refractivity contribution in [2.45, 2.75) is 62.9 Å². The van der Waals surface area contributed by atoms with Gasteiger partial charge in [0, 0.05) is 6.04 Å². The van der Waals surface area contributed by atoms with E-state index in [1.807, 2.05) is 12.1 Å². The van der Waals surface area contributed by atoms with E-state index in [0.29, 0.717) is 6.54 Å². The topological polar surface area (TPSA) is 76.4 Å². The predicted octanol–water partition coefficient (Wildman–Crippen LogP) is 3.26. The Bertz CT molecular complexity index is 627. The highest BCUT2D eigenvalue weighted by Gasteiger charge is 2.34. The number of carbonyl (C=O) groups excluding carboxylic acids is 1. The largest absolute Gasteiger partial charge is 0.508 e. The number of hydrogen-bond acceptors (Lipinski definition) is 4. The molecule has 3 rings (SSSR count). The molecule has 5 nitrogen and oxygen atoms in total. The molecule has 1 aliphatic heterocycles. The van der Waals surface area contributed by atoms with Crippen molar-refractivity contribution < 1.29 is 9.90 Å². The Morgan fingerprint density at radius 2 is 1.88 bits per heavy atom. The van der Waals surface area contributed by atoms with Crippen molar-refractivity contribution in [3.8, 4) is 11.8 Å². The average Bonchev–Trinajstić information content (AvgIpc) is 2.93. The Morgan fingerprint density at radius 1 is 1.20 bits per heavy atom. The molecule has 1 amide bonds. The summed E-state index contributed by atoms with van der Waals surface area (Å²) in [7, 11) is 0. The lowest BCUT2D eigenvalue weighted by Gasteiger charge is -2.29. The summed E-state index contributed by atoms with van der Waals surface area (Å²) in [5.74, 6) is 0.212. The molecule has 1 aromatic rings. The molecular formula is C20H27N3O2. The number of nitriles is 1. The van der Waals surface area contributed by atoms with Crippen LogP contribution < -0.4 is 5.32 Å². The Hall–Kier alpha value is -2.06. The number of nitrogens with one attached hydrogen (secondary N) is 1. The maximum Gasteiger partial charge on any atom is 0.235 e. The van der Waals surface area contributed by atoms with Gasteiger partial charge in [-0.1, -0.05) is 37.8 Å². The Kier molecular flexibility index (Phi) is 5.60. The smallest absolute Gasteiger partial charge is 0.235 e. The Morgan fingerprint density at radius 3 is 2.52 bits per heavy atom. The molecular weight excluding hydrogens is 314 g/mol. The molecule has 2 aliphatic rings. The Balaban J connectivity index is 1.63. The van der Waals surface area contributed by atoms with Crippen molar-refractivity contribution in [1.29, 1.82) is 5.26 Å². The van der Waals surface area contributed by atoms with Gasteiger partial charge in [0.2, 0.25) is 5.91 Å². The maximum absolute atomic E-state index is 12.6. The number of nitrogens with zero attached hydrogens (tertiary/aromatic N) is 2. The van der Waals surface area contributed by atoms with Gasteiger partial charge in [-0.15, -0.1) is 0 Å². The van der Waals surface area contributed by atoms with E-state index >= 15 is 0 Å². The number of carbonyl (C=O) groups is 1. The molecule has 0 unspecified atom stereocenters. The molecule has 1 saturated heterocycles. The number of likely N-dealkylation sites (tertiary alicyclic amines) is 1. The fraction of sp³-hybridized carbons (Fsp3) is 0.600. The molecule has 0 bridgehead atoms. The van der Waals surface area contributed by atoms with E-state index in [1.54, 1.807) is 12.1 Å². The van der Waals surface area contributed by atoms with Crippen molar-refractivity contribution in [1.82, 2.24) is 10.2 Å². The van der Waals surface area contributed by atoms with Crippen LogP contribution in [0, 0.1) is 11.3 Å². The molecule has 1 aliphatic carbocycles. The first-order valence-corrected chi connectivity index (χ1v) is 9.37. The highest BCUT2D eigenvalue weighted by molar-refractivity contribution is 5.79. The van der Waals surface area contributed by atoms with Crippen LogP contribution in [0.1, 0.15) is 63.0 Å². The monoisotopic (exact) mass is 341 g/mol. The molecule has 0 aromatic heterocycles. The summed E-state index contributed by atoms with van der Waals surface area (Å²) in [4.78, 5) is 14.8. The molecule has 2 fully saturated rings. The van der Waals surface area contributed by atoms with Crippen molar-refractivity contribution in [2.75, 3.05) is 13.1 Å². The predicted molar refractivity (Wildman–Crippen MR) is 95.8 cm³/mol. The van der Waals surface area contributed by atoms with E-state index < -0.39 is 5.54 Å². The minimum absolute atomic E-state index is 0.0471. The normalized spacial score (nSPS) is 23.6. The summed E-state index contributed by atoms with van der Waals surface area (Å²) < 4.78 is 0. The van der Waals surface area contributed by atoms with Gasteiger partial charge in [-0.2, -0.15) is 5.26 Å². The van der Waals surface area contributed by atoms with E-state index in [1.165, 1.54) is 0 Å². The second kappa shape index (κ2) is 7.88. The molecule has 0 radical (unpaired) electrons. The molecule has 5 heteroatoms. The van der Waals surface area contributed by atoms with Gasteiger partial charge in [0.1, 0.15) is 11.3 Å². The number of phenols is 1. The summed E-state index contributed by atoms with van der Waals surface area (Å²) in [5, 5.41) is 22.1. The van der Waals surface area contributed by atoms with E-state index in [4.69, 9.17) is 0 Å². The first-order valence-electron chi connectivity index (χ1n) is 9.37. The second-order valence-electron chi connectivity index (χ2n) is 7.38. The number of amides is 1. The fourth-order valence-electron chi connectivity index (χ4n) is 4.18. The van der Waals surface area contributed by atoms with Crippen LogP contribution >= 0.6 is 0 Å². The van der Waals surface area contributed by atoms with Crippen LogP contribution in [0.25, 0.3) is 0 Å². The zero-order valence-corrected chi connectivity index (χ0v) is 14.7. The van der Waals surface area contributed by atoms with Gasteiger partial charge < -0.3 is 10.4 Å². The Labute approximate surface area is 149 Å². The lowest BCUT2D eigenvalue weighted by molar-refractivity contribution is -0.124. The minimum atomic E-state index is -0.679. The first-order chi connectivity index (χ1) is 12.1. The summed E-state index contributed by atoms with van der Waals surface area (Å²) in [6.45, 7) is 1.22. The van der Waals surface area contributed by atoms with Crippen LogP contribution in [0.3, 0.4) is 0 Å². The minimum Gasteiger partial charge on any atom is -0.508 e. The third kappa shape index (κ3) is 4.32. The fourth-order valence-corrected chi connectivity index (χ4v) is 4.18. The summed E-state index contributed by atoms with van der Waals surface area (Å²) >= 11 is 0. The third-order valence-electron chi connectivity index (χ3n) is 5.54. The van der Waals surface area contributed by atoms with Crippen LogP contribution in [0.2, 0.25) is 0 Å². The van der Waals surface area contributed by atoms with Gasteiger partial charge in [-0.25, -0.2) is 0 Å². The van der Waals surface area contributed by atoms with E-state index in [9.17, 15) is 15.2 Å². The molecule has 1 heterocycles. The van der Waals surface area contributed by atoms with Crippen LogP contribution in [0.5, 0.6) is 5.75 Å².